The van der Waals surface area contributed by atoms with Crippen LogP contribution >= 0.6 is 11.6 Å². The number of nitrogen functional groups attached to an aromatic ring is 1. The van der Waals surface area contributed by atoms with Gasteiger partial charge in [0.05, 0.1) is 0 Å². The molecule has 0 aliphatic carbocycles. The number of aromatic nitrogens is 1. The van der Waals surface area contributed by atoms with E-state index in [4.69, 9.17) is 27.5 Å². The molecule has 0 spiro atoms. The third kappa shape index (κ3) is 3.08. The smallest absolute Gasteiger partial charge is 0.238 e. The molecule has 0 amide bonds. The van der Waals surface area contributed by atoms with Gasteiger partial charge in [0.15, 0.2) is 0 Å². The van der Waals surface area contributed by atoms with E-state index < -0.39 is 0 Å². The summed E-state index contributed by atoms with van der Waals surface area (Å²) in [6, 6.07) is 9.33. The average Bonchev–Trinajstić information content (AvgIpc) is 2.41. The molecule has 1 heterocycles. The lowest BCUT2D eigenvalue weighted by molar-refractivity contribution is 0.463. The lowest BCUT2D eigenvalue weighted by atomic mass is 10.0. The summed E-state index contributed by atoms with van der Waals surface area (Å²) in [6.07, 6.45) is 1.51. The fourth-order valence-corrected chi connectivity index (χ4v) is 1.99. The first kappa shape index (κ1) is 14.3. The molecule has 1 aromatic carbocycles. The molecule has 1 aromatic heterocycles. The van der Waals surface area contributed by atoms with Crippen LogP contribution in [0.4, 0.5) is 0 Å². The molecule has 0 radical (unpaired) electrons. The summed E-state index contributed by atoms with van der Waals surface area (Å²) >= 11 is 6.13. The quantitative estimate of drug-likeness (QED) is 0.661. The molecular weight excluding hydrogens is 274 g/mol. The van der Waals surface area contributed by atoms with Gasteiger partial charge in [-0.15, -0.1) is 0 Å². The van der Waals surface area contributed by atoms with Crippen LogP contribution in [0.2, 0.25) is 5.02 Å². The predicted octanol–water partition coefficient (Wildman–Crippen LogP) is 3.93. The molecule has 3 N–H and O–H groups in total. The highest BCUT2D eigenvalue weighted by molar-refractivity contribution is 6.35. The molecule has 0 saturated heterocycles. The van der Waals surface area contributed by atoms with Crippen LogP contribution in [0.3, 0.4) is 0 Å². The summed E-state index contributed by atoms with van der Waals surface area (Å²) in [6.45, 7) is 4.26. The van der Waals surface area contributed by atoms with Crippen LogP contribution in [0, 0.1) is 5.41 Å². The van der Waals surface area contributed by atoms with Crippen LogP contribution in [0.25, 0.3) is 0 Å². The van der Waals surface area contributed by atoms with Crippen molar-refractivity contribution in [3.05, 3.63) is 52.7 Å². The molecule has 0 aliphatic rings. The van der Waals surface area contributed by atoms with Gasteiger partial charge < -0.3 is 10.5 Å². The first-order chi connectivity index (χ1) is 9.49. The lowest BCUT2D eigenvalue weighted by Gasteiger charge is -2.10. The molecule has 0 saturated carbocycles. The average molecular weight is 290 g/mol. The van der Waals surface area contributed by atoms with E-state index in [-0.39, 0.29) is 16.7 Å². The molecule has 0 unspecified atom stereocenters. The second-order valence-corrected chi connectivity index (χ2v) is 5.10. The molecule has 0 atom stereocenters. The number of hydrogen-bond donors (Lipinski definition) is 2. The highest BCUT2D eigenvalue weighted by Crippen LogP contribution is 2.30. The van der Waals surface area contributed by atoms with Crippen LogP contribution < -0.4 is 10.5 Å². The van der Waals surface area contributed by atoms with Crippen LogP contribution in [-0.4, -0.2) is 10.8 Å². The topological polar surface area (TPSA) is 72.0 Å². The minimum absolute atomic E-state index is 0.114. The minimum Gasteiger partial charge on any atom is -0.438 e. The maximum Gasteiger partial charge on any atom is 0.238 e. The first-order valence-electron chi connectivity index (χ1n) is 6.25. The van der Waals surface area contributed by atoms with Crippen LogP contribution in [-0.2, 0) is 0 Å². The Hall–Kier alpha value is -2.07. The normalized spacial score (nSPS) is 10.6. The lowest BCUT2D eigenvalue weighted by Crippen LogP contribution is -2.12. The van der Waals surface area contributed by atoms with Crippen LogP contribution in [0.5, 0.6) is 11.6 Å². The number of ether oxygens (including phenoxy) is 1. The van der Waals surface area contributed by atoms with Crippen molar-refractivity contribution < 1.29 is 4.74 Å². The Bertz CT molecular complexity index is 624. The molecule has 5 heteroatoms. The van der Waals surface area contributed by atoms with Gasteiger partial charge in [0.1, 0.15) is 16.6 Å². The van der Waals surface area contributed by atoms with E-state index in [9.17, 15) is 0 Å². The van der Waals surface area contributed by atoms with Gasteiger partial charge in [-0.1, -0.05) is 37.6 Å². The van der Waals surface area contributed by atoms with Crippen LogP contribution in [0.1, 0.15) is 30.9 Å². The van der Waals surface area contributed by atoms with E-state index in [1.165, 1.54) is 11.8 Å². The Kier molecular flexibility index (Phi) is 4.25. The van der Waals surface area contributed by atoms with Crippen molar-refractivity contribution in [1.29, 1.82) is 5.41 Å². The van der Waals surface area contributed by atoms with Crippen molar-refractivity contribution in [1.82, 2.24) is 4.98 Å². The Balaban J connectivity index is 2.26. The molecular formula is C15H16ClN3O. The number of pyridine rings is 1. The van der Waals surface area contributed by atoms with Gasteiger partial charge in [-0.3, -0.25) is 5.41 Å². The number of halogens is 1. The SMILES string of the molecule is CC(C)c1ccc(Oc2nccc(C(=N)N)c2Cl)cc1. The van der Waals surface area contributed by atoms with Crippen molar-refractivity contribution in [2.24, 2.45) is 5.73 Å². The van der Waals surface area contributed by atoms with E-state index in [1.807, 2.05) is 24.3 Å². The van der Waals surface area contributed by atoms with Gasteiger partial charge in [-0.25, -0.2) is 4.98 Å². The minimum atomic E-state index is -0.114. The predicted molar refractivity (Wildman–Crippen MR) is 80.9 cm³/mol. The summed E-state index contributed by atoms with van der Waals surface area (Å²) in [5.74, 6) is 1.24. The highest BCUT2D eigenvalue weighted by atomic mass is 35.5. The number of rotatable bonds is 4. The van der Waals surface area contributed by atoms with E-state index in [1.54, 1.807) is 6.07 Å². The molecule has 0 bridgehead atoms. The summed E-state index contributed by atoms with van der Waals surface area (Å²) < 4.78 is 5.64. The molecule has 0 aliphatic heterocycles. The second-order valence-electron chi connectivity index (χ2n) is 4.72. The van der Waals surface area contributed by atoms with Gasteiger partial charge in [-0.2, -0.15) is 0 Å². The number of nitrogens with zero attached hydrogens (tertiary/aromatic N) is 1. The van der Waals surface area contributed by atoms with Crippen molar-refractivity contribution in [2.45, 2.75) is 19.8 Å². The van der Waals surface area contributed by atoms with Crippen molar-refractivity contribution >= 4 is 17.4 Å². The third-order valence-electron chi connectivity index (χ3n) is 2.91. The van der Waals surface area contributed by atoms with E-state index in [2.05, 4.69) is 18.8 Å². The Morgan fingerprint density at radius 2 is 1.90 bits per heavy atom. The number of benzene rings is 1. The molecule has 0 fully saturated rings. The van der Waals surface area contributed by atoms with E-state index >= 15 is 0 Å². The summed E-state index contributed by atoms with van der Waals surface area (Å²) in [5.41, 5.74) is 7.09. The molecule has 20 heavy (non-hydrogen) atoms. The molecule has 4 nitrogen and oxygen atoms in total. The zero-order valence-corrected chi connectivity index (χ0v) is 12.1. The van der Waals surface area contributed by atoms with Gasteiger partial charge in [-0.05, 0) is 29.7 Å². The second kappa shape index (κ2) is 5.92. The number of nitrogens with two attached hydrogens (primary N) is 1. The standard InChI is InChI=1S/C15H16ClN3O/c1-9(2)10-3-5-11(6-4-10)20-15-13(16)12(14(17)18)7-8-19-15/h3-9H,1-2H3,(H3,17,18). The Labute approximate surface area is 123 Å². The highest BCUT2D eigenvalue weighted by Gasteiger charge is 2.11. The van der Waals surface area contributed by atoms with E-state index in [0.29, 0.717) is 17.2 Å². The monoisotopic (exact) mass is 289 g/mol. The van der Waals surface area contributed by atoms with Gasteiger partial charge >= 0.3 is 0 Å². The maximum absolute atomic E-state index is 7.44. The number of hydrogen-bond acceptors (Lipinski definition) is 3. The summed E-state index contributed by atoms with van der Waals surface area (Å²) in [4.78, 5) is 4.07. The Morgan fingerprint density at radius 3 is 2.45 bits per heavy atom. The third-order valence-corrected chi connectivity index (χ3v) is 3.27. The van der Waals surface area contributed by atoms with Crippen molar-refractivity contribution in [2.75, 3.05) is 0 Å². The van der Waals surface area contributed by atoms with Gasteiger partial charge in [0.2, 0.25) is 5.88 Å². The van der Waals surface area contributed by atoms with Gasteiger partial charge in [0, 0.05) is 11.8 Å². The zero-order chi connectivity index (χ0) is 14.7. The zero-order valence-electron chi connectivity index (χ0n) is 11.4. The first-order valence-corrected chi connectivity index (χ1v) is 6.63. The van der Waals surface area contributed by atoms with Crippen LogP contribution in [0.15, 0.2) is 36.5 Å². The number of amidine groups is 1. The summed E-state index contributed by atoms with van der Waals surface area (Å²) in [7, 11) is 0. The Morgan fingerprint density at radius 1 is 1.25 bits per heavy atom. The van der Waals surface area contributed by atoms with Crippen molar-refractivity contribution in [3.63, 3.8) is 0 Å². The molecule has 2 rings (SSSR count). The fraction of sp³-hybridized carbons (Fsp3) is 0.200. The number of nitrogens with one attached hydrogen (secondary N) is 1. The molecule has 104 valence electrons. The van der Waals surface area contributed by atoms with E-state index in [0.717, 1.165) is 0 Å². The fourth-order valence-electron chi connectivity index (χ4n) is 1.74. The largest absolute Gasteiger partial charge is 0.438 e. The summed E-state index contributed by atoms with van der Waals surface area (Å²) in [5, 5.41) is 7.68. The maximum atomic E-state index is 7.44. The van der Waals surface area contributed by atoms with Crippen molar-refractivity contribution in [3.8, 4) is 11.6 Å². The molecule has 2 aromatic rings. The van der Waals surface area contributed by atoms with Gasteiger partial charge in [0.25, 0.3) is 0 Å².